The van der Waals surface area contributed by atoms with Crippen LogP contribution < -0.4 is 20.0 Å². The van der Waals surface area contributed by atoms with Gasteiger partial charge in [-0.1, -0.05) is 47.7 Å². The van der Waals surface area contributed by atoms with Crippen LogP contribution in [0.25, 0.3) is 6.08 Å². The smallest absolute Gasteiger partial charge is 0.338 e. The van der Waals surface area contributed by atoms with Crippen LogP contribution >= 0.6 is 11.3 Å². The Hall–Kier alpha value is -4.05. The average molecular weight is 464 g/mol. The van der Waals surface area contributed by atoms with E-state index in [1.54, 1.807) is 38.1 Å². The molecule has 0 aliphatic carbocycles. The van der Waals surface area contributed by atoms with Crippen LogP contribution in [0.5, 0.6) is 5.75 Å². The number of thiazole rings is 1. The maximum absolute atomic E-state index is 13.4. The largest absolute Gasteiger partial charge is 0.872 e. The van der Waals surface area contributed by atoms with E-state index in [4.69, 9.17) is 4.74 Å². The molecule has 0 unspecified atom stereocenters. The second-order valence-corrected chi connectivity index (χ2v) is 8.20. The zero-order valence-electron chi connectivity index (χ0n) is 17.7. The predicted octanol–water partition coefficient (Wildman–Crippen LogP) is 1.78. The molecule has 1 aliphatic heterocycles. The first kappa shape index (κ1) is 22.2. The quantitative estimate of drug-likeness (QED) is 0.322. The molecule has 4 rings (SSSR count). The molecule has 2 heterocycles. The van der Waals surface area contributed by atoms with Crippen molar-refractivity contribution >= 4 is 29.1 Å². The van der Waals surface area contributed by atoms with Gasteiger partial charge in [-0.2, -0.15) is 0 Å². The number of aromatic nitrogens is 1. The number of carbonyl (C=O) groups is 1. The number of benzene rings is 2. The van der Waals surface area contributed by atoms with Gasteiger partial charge in [0.15, 0.2) is 4.80 Å². The first-order valence-corrected chi connectivity index (χ1v) is 10.8. The summed E-state index contributed by atoms with van der Waals surface area (Å²) in [5.74, 6) is -1.02. The summed E-state index contributed by atoms with van der Waals surface area (Å²) in [4.78, 5) is 41.5. The zero-order valence-corrected chi connectivity index (χ0v) is 18.5. The van der Waals surface area contributed by atoms with E-state index >= 15 is 0 Å². The molecule has 0 saturated carbocycles. The molecule has 0 saturated heterocycles. The Balaban J connectivity index is 1.96. The van der Waals surface area contributed by atoms with Crippen molar-refractivity contribution in [2.24, 2.45) is 4.99 Å². The fourth-order valence-corrected chi connectivity index (χ4v) is 4.68. The second-order valence-electron chi connectivity index (χ2n) is 7.19. The number of rotatable bonds is 5. The molecule has 0 N–H and O–H groups in total. The topological polar surface area (TPSA) is 127 Å². The van der Waals surface area contributed by atoms with Gasteiger partial charge in [0.2, 0.25) is 0 Å². The highest BCUT2D eigenvalue weighted by molar-refractivity contribution is 7.07. The van der Waals surface area contributed by atoms with Gasteiger partial charge in [0.1, 0.15) is 0 Å². The Morgan fingerprint density at radius 1 is 1.27 bits per heavy atom. The van der Waals surface area contributed by atoms with Gasteiger partial charge in [0, 0.05) is 12.1 Å². The molecule has 0 spiro atoms. The summed E-state index contributed by atoms with van der Waals surface area (Å²) in [5.41, 5.74) is 0.676. The standard InChI is InChI=1S/C23H19N3O6S/c1-3-32-22(29)19-13(2)24-23-25(20(19)14-7-5-4-6-8-14)21(28)18(33-23)12-15-11-16(26(30)31)9-10-17(15)27/h4-12,20,27H,3H2,1-2H3/p-1/b18-12+/t20-/m0/s1. The summed E-state index contributed by atoms with van der Waals surface area (Å²) in [6, 6.07) is 11.6. The minimum Gasteiger partial charge on any atom is -0.872 e. The minimum atomic E-state index is -0.763. The normalized spacial score (nSPS) is 15.7. The van der Waals surface area contributed by atoms with Crippen LogP contribution in [0.3, 0.4) is 0 Å². The lowest BCUT2D eigenvalue weighted by atomic mass is 9.96. The van der Waals surface area contributed by atoms with Crippen LogP contribution in [0.4, 0.5) is 5.69 Å². The third-order valence-corrected chi connectivity index (χ3v) is 6.11. The van der Waals surface area contributed by atoms with Gasteiger partial charge in [-0.25, -0.2) is 9.79 Å². The number of carbonyl (C=O) groups excluding carboxylic acids is 1. The van der Waals surface area contributed by atoms with Crippen LogP contribution in [0, 0.1) is 10.1 Å². The molecule has 0 amide bonds. The van der Waals surface area contributed by atoms with E-state index < -0.39 is 28.2 Å². The van der Waals surface area contributed by atoms with Gasteiger partial charge < -0.3 is 9.84 Å². The maximum atomic E-state index is 13.4. The highest BCUT2D eigenvalue weighted by atomic mass is 32.1. The summed E-state index contributed by atoms with van der Waals surface area (Å²) in [6.45, 7) is 3.54. The number of allylic oxidation sites excluding steroid dienone is 1. The predicted molar refractivity (Wildman–Crippen MR) is 119 cm³/mol. The number of fused-ring (bicyclic) bond motifs is 1. The van der Waals surface area contributed by atoms with Gasteiger partial charge in [-0.15, -0.1) is 5.75 Å². The number of nitro benzene ring substituents is 1. The third kappa shape index (κ3) is 4.08. The number of nitrogens with zero attached hydrogens (tertiary/aromatic N) is 3. The van der Waals surface area contributed by atoms with Crippen molar-refractivity contribution in [1.29, 1.82) is 0 Å². The maximum Gasteiger partial charge on any atom is 0.338 e. The monoisotopic (exact) mass is 464 g/mol. The molecule has 3 aromatic rings. The second kappa shape index (κ2) is 8.83. The molecule has 168 valence electrons. The van der Waals surface area contributed by atoms with Crippen molar-refractivity contribution in [3.05, 3.63) is 101 Å². The van der Waals surface area contributed by atoms with E-state index in [-0.39, 0.29) is 28.0 Å². The Bertz CT molecular complexity index is 1470. The highest BCUT2D eigenvalue weighted by Crippen LogP contribution is 2.30. The summed E-state index contributed by atoms with van der Waals surface area (Å²) >= 11 is 1.04. The molecule has 10 heteroatoms. The molecular weight excluding hydrogens is 446 g/mol. The van der Waals surface area contributed by atoms with Gasteiger partial charge in [-0.3, -0.25) is 19.5 Å². The molecule has 1 atom stereocenters. The molecule has 9 nitrogen and oxygen atoms in total. The number of nitro groups is 1. The van der Waals surface area contributed by atoms with Crippen LogP contribution in [0.15, 0.2) is 69.6 Å². The van der Waals surface area contributed by atoms with E-state index in [2.05, 4.69) is 4.99 Å². The molecule has 2 aromatic carbocycles. The van der Waals surface area contributed by atoms with Gasteiger partial charge in [0.25, 0.3) is 11.2 Å². The molecular formula is C23H18N3O6S-. The fraction of sp³-hybridized carbons (Fsp3) is 0.174. The zero-order chi connectivity index (χ0) is 23.7. The van der Waals surface area contributed by atoms with Crippen molar-refractivity contribution in [2.75, 3.05) is 6.61 Å². The SMILES string of the molecule is CCOC(=O)C1=C(C)N=c2s/c(=C/c3cc([N+](=O)[O-])ccc3[O-])c(=O)n2[C@H]1c1ccccc1. The van der Waals surface area contributed by atoms with E-state index in [1.807, 2.05) is 6.07 Å². The highest BCUT2D eigenvalue weighted by Gasteiger charge is 2.33. The number of ether oxygens (including phenoxy) is 1. The minimum absolute atomic E-state index is 0.0204. The van der Waals surface area contributed by atoms with Crippen molar-refractivity contribution < 1.29 is 19.6 Å². The summed E-state index contributed by atoms with van der Waals surface area (Å²) < 4.78 is 6.80. The lowest BCUT2D eigenvalue weighted by Gasteiger charge is -2.24. The molecule has 1 aliphatic rings. The van der Waals surface area contributed by atoms with Crippen LogP contribution in [-0.2, 0) is 9.53 Å². The number of non-ortho nitro benzene ring substituents is 1. The first-order chi connectivity index (χ1) is 15.8. The molecule has 1 aromatic heterocycles. The van der Waals surface area contributed by atoms with Crippen molar-refractivity contribution in [3.8, 4) is 5.75 Å². The van der Waals surface area contributed by atoms with E-state index in [0.717, 1.165) is 29.5 Å². The average Bonchev–Trinajstić information content (AvgIpc) is 3.09. The fourth-order valence-electron chi connectivity index (χ4n) is 3.65. The van der Waals surface area contributed by atoms with Crippen molar-refractivity contribution in [1.82, 2.24) is 4.57 Å². The van der Waals surface area contributed by atoms with Gasteiger partial charge in [0.05, 0.1) is 33.4 Å². The van der Waals surface area contributed by atoms with Crippen molar-refractivity contribution in [2.45, 2.75) is 19.9 Å². The van der Waals surface area contributed by atoms with Crippen LogP contribution in [0.1, 0.15) is 31.0 Å². The number of hydrogen-bond donors (Lipinski definition) is 0. The summed E-state index contributed by atoms with van der Waals surface area (Å²) in [6.07, 6.45) is 1.32. The van der Waals surface area contributed by atoms with E-state index in [0.29, 0.717) is 16.1 Å². The Morgan fingerprint density at radius 3 is 2.67 bits per heavy atom. The summed E-state index contributed by atoms with van der Waals surface area (Å²) in [7, 11) is 0. The lowest BCUT2D eigenvalue weighted by Crippen LogP contribution is -2.39. The van der Waals surface area contributed by atoms with Crippen LogP contribution in [0.2, 0.25) is 0 Å². The van der Waals surface area contributed by atoms with E-state index in [1.165, 1.54) is 10.6 Å². The van der Waals surface area contributed by atoms with Crippen molar-refractivity contribution in [3.63, 3.8) is 0 Å². The number of esters is 1. The van der Waals surface area contributed by atoms with Gasteiger partial charge in [-0.05, 0) is 31.1 Å². The van der Waals surface area contributed by atoms with E-state index in [9.17, 15) is 24.8 Å². The number of hydrogen-bond acceptors (Lipinski definition) is 8. The lowest BCUT2D eigenvalue weighted by molar-refractivity contribution is -0.385. The molecule has 0 radical (unpaired) electrons. The summed E-state index contributed by atoms with van der Waals surface area (Å²) in [5, 5.41) is 23.3. The molecule has 0 bridgehead atoms. The van der Waals surface area contributed by atoms with Crippen LogP contribution in [-0.4, -0.2) is 22.1 Å². The molecule has 0 fully saturated rings. The Morgan fingerprint density at radius 2 is 2.00 bits per heavy atom. The Kier molecular flexibility index (Phi) is 5.93. The van der Waals surface area contributed by atoms with Gasteiger partial charge >= 0.3 is 5.97 Å². The molecule has 33 heavy (non-hydrogen) atoms. The Labute approximate surface area is 191 Å². The first-order valence-electron chi connectivity index (χ1n) is 10.0. The third-order valence-electron chi connectivity index (χ3n) is 5.12.